The first-order valence-corrected chi connectivity index (χ1v) is 13.0. The lowest BCUT2D eigenvalue weighted by Crippen LogP contribution is -2.52. The fourth-order valence-corrected chi connectivity index (χ4v) is 9.66. The van der Waals surface area contributed by atoms with Gasteiger partial charge in [0.05, 0.1) is 18.8 Å². The van der Waals surface area contributed by atoms with E-state index in [2.05, 4.69) is 33.8 Å². The molecule has 0 aromatic rings. The van der Waals surface area contributed by atoms with Crippen LogP contribution in [0.5, 0.6) is 0 Å². The van der Waals surface area contributed by atoms with E-state index in [9.17, 15) is 5.11 Å². The lowest BCUT2D eigenvalue weighted by molar-refractivity contribution is -0.272. The van der Waals surface area contributed by atoms with Crippen LogP contribution in [0.3, 0.4) is 0 Å². The van der Waals surface area contributed by atoms with Gasteiger partial charge in [-0.15, -0.1) is 0 Å². The summed E-state index contributed by atoms with van der Waals surface area (Å²) in [5.41, 5.74) is 2.31. The van der Waals surface area contributed by atoms with Crippen LogP contribution in [0.4, 0.5) is 0 Å². The van der Waals surface area contributed by atoms with Crippen molar-refractivity contribution < 1.29 is 14.6 Å². The second-order valence-electron chi connectivity index (χ2n) is 12.7. The molecule has 6 rings (SSSR count). The minimum atomic E-state index is -0.294. The highest BCUT2D eigenvalue weighted by Gasteiger charge is 2.68. The van der Waals surface area contributed by atoms with Crippen molar-refractivity contribution in [1.82, 2.24) is 0 Å². The maximum absolute atomic E-state index is 10.3. The first kappa shape index (κ1) is 20.2. The summed E-state index contributed by atoms with van der Waals surface area (Å²) in [5.74, 6) is 3.94. The summed E-state index contributed by atoms with van der Waals surface area (Å²) in [6, 6.07) is 0. The smallest absolute Gasteiger partial charge is 0.171 e. The number of allylic oxidation sites excluding steroid dienone is 1. The SMILES string of the molecule is C[C@@H]1CC[C@@]2(OC1)OC1CC3C4CC=C5CC(O)CCC5(C)C4CCC3(C)C1[C@@H]2C. The number of ether oxygens (including phenoxy) is 2. The van der Waals surface area contributed by atoms with Crippen LogP contribution < -0.4 is 0 Å². The Hall–Kier alpha value is -0.380. The van der Waals surface area contributed by atoms with E-state index >= 15 is 0 Å². The Morgan fingerprint density at radius 2 is 1.87 bits per heavy atom. The van der Waals surface area contributed by atoms with E-state index in [1.54, 1.807) is 5.57 Å². The van der Waals surface area contributed by atoms with Crippen molar-refractivity contribution in [1.29, 1.82) is 0 Å². The zero-order chi connectivity index (χ0) is 20.9. The molecule has 0 radical (unpaired) electrons. The first-order valence-electron chi connectivity index (χ1n) is 13.0. The number of fused-ring (bicyclic) bond motifs is 7. The maximum Gasteiger partial charge on any atom is 0.171 e. The Bertz CT molecular complexity index is 736. The number of aliphatic hydroxyl groups excluding tert-OH is 1. The highest BCUT2D eigenvalue weighted by Crippen LogP contribution is 2.70. The molecule has 30 heavy (non-hydrogen) atoms. The normalized spacial score (nSPS) is 59.8. The van der Waals surface area contributed by atoms with Crippen molar-refractivity contribution in [2.24, 2.45) is 46.3 Å². The van der Waals surface area contributed by atoms with Gasteiger partial charge in [-0.1, -0.05) is 39.3 Å². The molecule has 2 aliphatic heterocycles. The molecule has 168 valence electrons. The minimum absolute atomic E-state index is 0.107. The van der Waals surface area contributed by atoms with Gasteiger partial charge >= 0.3 is 0 Å². The molecule has 8 unspecified atom stereocenters. The standard InChI is InChI=1S/C27H42O3/c1-16-7-12-27(29-15-16)17(2)24-23(30-27)14-22-20-6-5-18-13-19(28)8-10-25(18,3)21(20)9-11-26(22,24)4/h5,16-17,19-24,28H,6-15H2,1-4H3/t16-,17+,19?,20?,21?,22?,23?,24?,25?,26?,27-/m1/s1. The second kappa shape index (κ2) is 6.58. The Labute approximate surface area is 183 Å². The number of rotatable bonds is 0. The fourth-order valence-electron chi connectivity index (χ4n) is 9.66. The second-order valence-corrected chi connectivity index (χ2v) is 12.7. The summed E-state index contributed by atoms with van der Waals surface area (Å²) in [6.07, 6.45) is 13.5. The topological polar surface area (TPSA) is 38.7 Å². The minimum Gasteiger partial charge on any atom is -0.393 e. The van der Waals surface area contributed by atoms with Crippen LogP contribution in [0.2, 0.25) is 0 Å². The fraction of sp³-hybridized carbons (Fsp3) is 0.926. The van der Waals surface area contributed by atoms with Crippen LogP contribution in [0, 0.1) is 46.3 Å². The average molecular weight is 415 g/mol. The Morgan fingerprint density at radius 3 is 2.63 bits per heavy atom. The third-order valence-corrected chi connectivity index (χ3v) is 11.3. The molecule has 6 aliphatic rings. The molecule has 2 heterocycles. The average Bonchev–Trinajstić information content (AvgIpc) is 3.16. The predicted octanol–water partition coefficient (Wildman–Crippen LogP) is 5.71. The van der Waals surface area contributed by atoms with Gasteiger partial charge in [0.15, 0.2) is 5.79 Å². The van der Waals surface area contributed by atoms with E-state index in [0.29, 0.717) is 34.7 Å². The van der Waals surface area contributed by atoms with Crippen molar-refractivity contribution in [3.05, 3.63) is 11.6 Å². The van der Waals surface area contributed by atoms with E-state index in [0.717, 1.165) is 43.6 Å². The largest absolute Gasteiger partial charge is 0.393 e. The van der Waals surface area contributed by atoms with Gasteiger partial charge in [-0.2, -0.15) is 0 Å². The van der Waals surface area contributed by atoms with E-state index < -0.39 is 0 Å². The molecule has 4 aliphatic carbocycles. The molecule has 0 aromatic carbocycles. The first-order chi connectivity index (χ1) is 14.3. The summed E-state index contributed by atoms with van der Waals surface area (Å²) in [7, 11) is 0. The Kier molecular flexibility index (Phi) is 4.44. The van der Waals surface area contributed by atoms with E-state index in [1.165, 1.54) is 38.5 Å². The molecule has 3 heteroatoms. The number of hydrogen-bond acceptors (Lipinski definition) is 3. The van der Waals surface area contributed by atoms with Gasteiger partial charge in [0.2, 0.25) is 0 Å². The van der Waals surface area contributed by atoms with Gasteiger partial charge in [-0.3, -0.25) is 0 Å². The van der Waals surface area contributed by atoms with E-state index in [4.69, 9.17) is 9.47 Å². The van der Waals surface area contributed by atoms with Crippen molar-refractivity contribution in [2.75, 3.05) is 6.61 Å². The molecule has 1 N–H and O–H groups in total. The third kappa shape index (κ3) is 2.55. The summed E-state index contributed by atoms with van der Waals surface area (Å²) in [6.45, 7) is 10.8. The molecule has 1 spiro atoms. The van der Waals surface area contributed by atoms with Gasteiger partial charge in [-0.05, 0) is 91.8 Å². The van der Waals surface area contributed by atoms with Gasteiger partial charge in [0.25, 0.3) is 0 Å². The lowest BCUT2D eigenvalue weighted by Gasteiger charge is -2.58. The van der Waals surface area contributed by atoms with Gasteiger partial charge in [0, 0.05) is 12.3 Å². The summed E-state index contributed by atoms with van der Waals surface area (Å²) >= 11 is 0. The molecule has 2 saturated heterocycles. The molecule has 3 nitrogen and oxygen atoms in total. The third-order valence-electron chi connectivity index (χ3n) is 11.3. The molecule has 11 atom stereocenters. The molecule has 3 saturated carbocycles. The van der Waals surface area contributed by atoms with Crippen LogP contribution in [0.1, 0.15) is 85.5 Å². The summed E-state index contributed by atoms with van der Waals surface area (Å²) in [5, 5.41) is 10.3. The zero-order valence-electron chi connectivity index (χ0n) is 19.5. The lowest BCUT2D eigenvalue weighted by atomic mass is 9.47. The van der Waals surface area contributed by atoms with Gasteiger partial charge < -0.3 is 14.6 Å². The highest BCUT2D eigenvalue weighted by molar-refractivity contribution is 5.26. The quantitative estimate of drug-likeness (QED) is 0.516. The molecular formula is C27H42O3. The zero-order valence-corrected chi connectivity index (χ0v) is 19.5. The number of hydrogen-bond donors (Lipinski definition) is 1. The predicted molar refractivity (Wildman–Crippen MR) is 118 cm³/mol. The molecular weight excluding hydrogens is 372 g/mol. The van der Waals surface area contributed by atoms with Crippen molar-refractivity contribution in [2.45, 2.75) is 103 Å². The highest BCUT2D eigenvalue weighted by atomic mass is 16.7. The van der Waals surface area contributed by atoms with Gasteiger partial charge in [-0.25, -0.2) is 0 Å². The van der Waals surface area contributed by atoms with Crippen molar-refractivity contribution >= 4 is 0 Å². The van der Waals surface area contributed by atoms with Crippen LogP contribution in [-0.2, 0) is 9.47 Å². The molecule has 0 bridgehead atoms. The Balaban J connectivity index is 1.28. The van der Waals surface area contributed by atoms with E-state index in [-0.39, 0.29) is 11.9 Å². The Morgan fingerprint density at radius 1 is 1.03 bits per heavy atom. The molecule has 5 fully saturated rings. The number of aliphatic hydroxyl groups is 1. The van der Waals surface area contributed by atoms with Crippen molar-refractivity contribution in [3.63, 3.8) is 0 Å². The van der Waals surface area contributed by atoms with Crippen LogP contribution in [0.25, 0.3) is 0 Å². The molecule has 0 aromatic heterocycles. The van der Waals surface area contributed by atoms with Gasteiger partial charge in [0.1, 0.15) is 0 Å². The monoisotopic (exact) mass is 414 g/mol. The van der Waals surface area contributed by atoms with Crippen LogP contribution >= 0.6 is 0 Å². The van der Waals surface area contributed by atoms with Crippen LogP contribution in [0.15, 0.2) is 11.6 Å². The summed E-state index contributed by atoms with van der Waals surface area (Å²) in [4.78, 5) is 0. The van der Waals surface area contributed by atoms with Crippen molar-refractivity contribution in [3.8, 4) is 0 Å². The maximum atomic E-state index is 10.3. The molecule has 0 amide bonds. The van der Waals surface area contributed by atoms with E-state index in [1.807, 2.05) is 0 Å². The summed E-state index contributed by atoms with van der Waals surface area (Å²) < 4.78 is 13.3. The van der Waals surface area contributed by atoms with Crippen LogP contribution in [-0.4, -0.2) is 29.7 Å².